The molecule has 0 unspecified atom stereocenters. The van der Waals surface area contributed by atoms with Crippen LogP contribution in [0, 0.1) is 0 Å². The molecule has 1 amide bonds. The molecule has 1 aliphatic carbocycles. The van der Waals surface area contributed by atoms with Gasteiger partial charge in [-0.3, -0.25) is 9.36 Å². The van der Waals surface area contributed by atoms with Crippen LogP contribution in [0.1, 0.15) is 32.6 Å². The van der Waals surface area contributed by atoms with E-state index in [2.05, 4.69) is 15.3 Å². The topological polar surface area (TPSA) is 96.7 Å². The highest BCUT2D eigenvalue weighted by molar-refractivity contribution is 6.36. The molecule has 2 aromatic rings. The molecule has 0 aromatic carbocycles. The number of carbonyl (C=O) groups is 1. The van der Waals surface area contributed by atoms with Crippen molar-refractivity contribution in [2.75, 3.05) is 26.9 Å². The van der Waals surface area contributed by atoms with Gasteiger partial charge >= 0.3 is 0 Å². The molecule has 2 aromatic heterocycles. The van der Waals surface area contributed by atoms with Gasteiger partial charge in [-0.15, -0.1) is 0 Å². The molecule has 1 aliphatic rings. The summed E-state index contributed by atoms with van der Waals surface area (Å²) in [5.74, 6) is -0.189. The minimum atomic E-state index is -2.63. The summed E-state index contributed by atoms with van der Waals surface area (Å²) < 4.78 is 48.7. The van der Waals surface area contributed by atoms with Gasteiger partial charge in [0.1, 0.15) is 16.6 Å². The van der Waals surface area contributed by atoms with Crippen LogP contribution in [0.3, 0.4) is 0 Å². The van der Waals surface area contributed by atoms with Crippen LogP contribution in [0.5, 0.6) is 11.9 Å². The lowest BCUT2D eigenvalue weighted by atomic mass is 9.95. The van der Waals surface area contributed by atoms with Gasteiger partial charge in [-0.25, -0.2) is 13.8 Å². The Morgan fingerprint density at radius 3 is 2.58 bits per heavy atom. The Labute approximate surface area is 195 Å². The number of imidazole rings is 1. The van der Waals surface area contributed by atoms with Gasteiger partial charge in [-0.2, -0.15) is 4.98 Å². The van der Waals surface area contributed by atoms with E-state index in [9.17, 15) is 13.6 Å². The number of nitrogens with one attached hydrogen (secondary N) is 1. The van der Waals surface area contributed by atoms with Gasteiger partial charge in [-0.05, 0) is 25.7 Å². The first kappa shape index (κ1) is 25.4. The van der Waals surface area contributed by atoms with Gasteiger partial charge in [0.25, 0.3) is 12.4 Å². The summed E-state index contributed by atoms with van der Waals surface area (Å²) in [6, 6.07) is 0.185. The summed E-state index contributed by atoms with van der Waals surface area (Å²) >= 11 is 6.32. The summed E-state index contributed by atoms with van der Waals surface area (Å²) in [6.45, 7) is 1.45. The van der Waals surface area contributed by atoms with Crippen molar-refractivity contribution in [1.29, 1.82) is 0 Å². The molecule has 33 heavy (non-hydrogen) atoms. The third-order valence-electron chi connectivity index (χ3n) is 5.33. The number of fused-ring (bicyclic) bond motifs is 1. The summed E-state index contributed by atoms with van der Waals surface area (Å²) in [5, 5.41) is 2.93. The molecule has 2 heterocycles. The molecule has 12 heteroatoms. The summed E-state index contributed by atoms with van der Waals surface area (Å²) in [4.78, 5) is 19.7. The van der Waals surface area contributed by atoms with E-state index < -0.39 is 13.0 Å². The number of methoxy groups -OCH3 is 1. The molecule has 3 rings (SSSR count). The minimum absolute atomic E-state index is 0.0493. The second-order valence-electron chi connectivity index (χ2n) is 7.97. The monoisotopic (exact) mass is 490 g/mol. The third kappa shape index (κ3) is 6.87. The van der Waals surface area contributed by atoms with E-state index in [1.807, 2.05) is 0 Å². The molecule has 0 aliphatic heterocycles. The van der Waals surface area contributed by atoms with Crippen LogP contribution in [-0.2, 0) is 21.3 Å². The number of amides is 1. The maximum absolute atomic E-state index is 12.4. The first-order chi connectivity index (χ1) is 15.8. The zero-order chi connectivity index (χ0) is 24.0. The molecule has 1 N–H and O–H groups in total. The van der Waals surface area contributed by atoms with Crippen molar-refractivity contribution in [3.63, 3.8) is 0 Å². The molecule has 1 fully saturated rings. The Balaban J connectivity index is 1.55. The molecule has 1 saturated carbocycles. The second kappa shape index (κ2) is 11.8. The number of hydrogen-bond donors (Lipinski definition) is 1. The van der Waals surface area contributed by atoms with E-state index in [0.717, 1.165) is 25.7 Å². The Morgan fingerprint density at radius 2 is 1.94 bits per heavy atom. The van der Waals surface area contributed by atoms with Crippen molar-refractivity contribution in [2.24, 2.45) is 7.05 Å². The fourth-order valence-electron chi connectivity index (χ4n) is 3.81. The number of carbonyl (C=O) groups excluding carboxylic acids is 1. The van der Waals surface area contributed by atoms with Crippen molar-refractivity contribution in [3.05, 3.63) is 11.2 Å². The molecule has 9 nitrogen and oxygen atoms in total. The Kier molecular flexibility index (Phi) is 9.04. The van der Waals surface area contributed by atoms with Crippen LogP contribution < -0.4 is 14.8 Å². The number of pyridine rings is 1. The number of aromatic nitrogens is 3. The number of aryl methyl sites for hydroxylation is 1. The molecule has 1 atom stereocenters. The average Bonchev–Trinajstić information content (AvgIpc) is 3.08. The van der Waals surface area contributed by atoms with Crippen molar-refractivity contribution in [3.8, 4) is 11.9 Å². The molecular weight excluding hydrogens is 462 g/mol. The minimum Gasteiger partial charge on any atom is -0.470 e. The molecule has 0 spiro atoms. The van der Waals surface area contributed by atoms with E-state index >= 15 is 0 Å². The van der Waals surface area contributed by atoms with Crippen LogP contribution in [0.2, 0.25) is 5.02 Å². The standard InChI is InChI=1S/C21H29ClF2N4O5/c1-12(29)26-13(9-30-3)10-31-14-4-6-15(7-5-14)33-21-27-16-8-25-20(32-11-17(23)24)18(22)19(16)28(21)2/h8,13-15,17H,4-7,9-11H2,1-3H3,(H,26,29)/t13-,14?,15?/m0/s1. The van der Waals surface area contributed by atoms with Crippen LogP contribution in [0.15, 0.2) is 6.20 Å². The highest BCUT2D eigenvalue weighted by Crippen LogP contribution is 2.34. The van der Waals surface area contributed by atoms with E-state index in [-0.39, 0.29) is 35.1 Å². The van der Waals surface area contributed by atoms with Crippen molar-refractivity contribution in [1.82, 2.24) is 19.9 Å². The fourth-order valence-corrected chi connectivity index (χ4v) is 4.14. The van der Waals surface area contributed by atoms with E-state index in [1.54, 1.807) is 18.7 Å². The highest BCUT2D eigenvalue weighted by atomic mass is 35.5. The number of nitrogens with zero attached hydrogens (tertiary/aromatic N) is 3. The van der Waals surface area contributed by atoms with E-state index in [1.165, 1.54) is 13.1 Å². The molecule has 0 saturated heterocycles. The van der Waals surface area contributed by atoms with Crippen LogP contribution in [0.25, 0.3) is 11.0 Å². The number of rotatable bonds is 11. The Bertz CT molecular complexity index is 937. The summed E-state index contributed by atoms with van der Waals surface area (Å²) in [6.07, 6.45) is 1.99. The maximum atomic E-state index is 12.4. The Hall–Kier alpha value is -2.24. The van der Waals surface area contributed by atoms with Gasteiger partial charge in [-0.1, -0.05) is 11.6 Å². The van der Waals surface area contributed by atoms with Crippen LogP contribution >= 0.6 is 11.6 Å². The van der Waals surface area contributed by atoms with Crippen LogP contribution in [-0.4, -0.2) is 72.0 Å². The van der Waals surface area contributed by atoms with Gasteiger partial charge in [0.05, 0.1) is 37.1 Å². The van der Waals surface area contributed by atoms with Crippen molar-refractivity contribution >= 4 is 28.5 Å². The molecule has 0 radical (unpaired) electrons. The number of halogens is 3. The zero-order valence-electron chi connectivity index (χ0n) is 18.9. The third-order valence-corrected chi connectivity index (χ3v) is 5.67. The average molecular weight is 491 g/mol. The Morgan fingerprint density at radius 1 is 1.24 bits per heavy atom. The van der Waals surface area contributed by atoms with Gasteiger partial charge in [0.2, 0.25) is 11.8 Å². The smallest absolute Gasteiger partial charge is 0.297 e. The normalized spacial score (nSPS) is 19.6. The number of alkyl halides is 2. The maximum Gasteiger partial charge on any atom is 0.297 e. The van der Waals surface area contributed by atoms with Gasteiger partial charge in [0, 0.05) is 21.1 Å². The first-order valence-corrected chi connectivity index (χ1v) is 11.1. The SMILES string of the molecule is COC[C@@H](COC1CCC(Oc2nc3cnc(OCC(F)F)c(Cl)c3n2C)CC1)NC(C)=O. The first-order valence-electron chi connectivity index (χ1n) is 10.7. The van der Waals surface area contributed by atoms with E-state index in [0.29, 0.717) is 30.3 Å². The zero-order valence-corrected chi connectivity index (χ0v) is 19.6. The predicted octanol–water partition coefficient (Wildman–Crippen LogP) is 3.12. The lowest BCUT2D eigenvalue weighted by Gasteiger charge is -2.29. The number of ether oxygens (including phenoxy) is 4. The largest absolute Gasteiger partial charge is 0.470 e. The summed E-state index contributed by atoms with van der Waals surface area (Å²) in [5.41, 5.74) is 0.992. The lowest BCUT2D eigenvalue weighted by molar-refractivity contribution is -0.121. The van der Waals surface area contributed by atoms with Crippen molar-refractivity contribution in [2.45, 2.75) is 57.3 Å². The van der Waals surface area contributed by atoms with Crippen LogP contribution in [0.4, 0.5) is 8.78 Å². The van der Waals surface area contributed by atoms with Gasteiger partial charge in [0.15, 0.2) is 6.61 Å². The van der Waals surface area contributed by atoms with Crippen molar-refractivity contribution < 1.29 is 32.5 Å². The quantitative estimate of drug-likeness (QED) is 0.517. The van der Waals surface area contributed by atoms with Gasteiger partial charge < -0.3 is 24.3 Å². The fraction of sp³-hybridized carbons (Fsp3) is 0.667. The summed E-state index contributed by atoms with van der Waals surface area (Å²) in [7, 11) is 3.32. The number of hydrogen-bond acceptors (Lipinski definition) is 7. The molecule has 184 valence electrons. The second-order valence-corrected chi connectivity index (χ2v) is 8.35. The lowest BCUT2D eigenvalue weighted by Crippen LogP contribution is -2.41. The predicted molar refractivity (Wildman–Crippen MR) is 117 cm³/mol. The molecular formula is C21H29ClF2N4O5. The highest BCUT2D eigenvalue weighted by Gasteiger charge is 2.26. The van der Waals surface area contributed by atoms with E-state index in [4.69, 9.17) is 30.5 Å². The molecule has 0 bridgehead atoms.